The fraction of sp³-hybridized carbons (Fsp3) is 0.556. The van der Waals surface area contributed by atoms with Crippen molar-refractivity contribution in [2.24, 2.45) is 11.7 Å². The summed E-state index contributed by atoms with van der Waals surface area (Å²) in [4.78, 5) is 41.4. The molecular weight excluding hydrogens is 486 g/mol. The Morgan fingerprint density at radius 1 is 1.00 bits per heavy atom. The van der Waals surface area contributed by atoms with Crippen LogP contribution in [0, 0.1) is 5.92 Å². The van der Waals surface area contributed by atoms with Crippen LogP contribution in [-0.4, -0.2) is 83.3 Å². The zero-order valence-electron chi connectivity index (χ0n) is 21.5. The maximum atomic E-state index is 13.7. The number of morpholine rings is 1. The molecule has 2 aliphatic carbocycles. The number of rotatable bonds is 4. The van der Waals surface area contributed by atoms with E-state index < -0.39 is 0 Å². The molecule has 11 heteroatoms. The number of hydrogen-bond donors (Lipinski definition) is 4. The van der Waals surface area contributed by atoms with Crippen molar-refractivity contribution in [3.63, 3.8) is 0 Å². The van der Waals surface area contributed by atoms with Crippen LogP contribution in [0.15, 0.2) is 18.2 Å². The standard InChI is InChI=1S/C27H35N7O4/c28-18-6-4-17(5-7-18)26(36)33-10-8-16(9-11-33)23-22-24(31-30-23)19-2-1-3-20(21(19)25(22)35)29-27(37)32-34-12-14-38-15-13-34/h1-3,16-18H,4-15,28H2,(H,30,31)(H2,29,32,37)/t17-,18+. The first-order valence-electron chi connectivity index (χ1n) is 13.7. The van der Waals surface area contributed by atoms with E-state index in [0.717, 1.165) is 49.8 Å². The average Bonchev–Trinajstić information content (AvgIpc) is 3.49. The van der Waals surface area contributed by atoms with Crippen LogP contribution in [0.2, 0.25) is 0 Å². The second-order valence-corrected chi connectivity index (χ2v) is 10.8. The van der Waals surface area contributed by atoms with Crippen molar-refractivity contribution in [3.8, 4) is 11.3 Å². The lowest BCUT2D eigenvalue weighted by Crippen LogP contribution is -2.49. The summed E-state index contributed by atoms with van der Waals surface area (Å²) in [7, 11) is 0. The fourth-order valence-electron chi connectivity index (χ4n) is 6.28. The van der Waals surface area contributed by atoms with Crippen LogP contribution < -0.4 is 16.5 Å². The van der Waals surface area contributed by atoms with Gasteiger partial charge in [0.05, 0.1) is 41.4 Å². The minimum atomic E-state index is -0.390. The van der Waals surface area contributed by atoms with Gasteiger partial charge in [0.15, 0.2) is 5.78 Å². The van der Waals surface area contributed by atoms with E-state index >= 15 is 0 Å². The number of carbonyl (C=O) groups excluding carboxylic acids is 3. The molecule has 38 heavy (non-hydrogen) atoms. The fourth-order valence-corrected chi connectivity index (χ4v) is 6.28. The SMILES string of the molecule is N[C@H]1CC[C@@H](C(=O)N2CCC(c3n[nH]c4c3C(=O)c3c(NC(=O)NN5CCOCC5)cccc3-4)CC2)CC1. The Balaban J connectivity index is 1.13. The third-order valence-corrected chi connectivity index (χ3v) is 8.42. The first-order valence-corrected chi connectivity index (χ1v) is 13.7. The van der Waals surface area contributed by atoms with Gasteiger partial charge in [0.2, 0.25) is 5.91 Å². The molecule has 3 amide bonds. The number of nitrogens with one attached hydrogen (secondary N) is 3. The Hall–Kier alpha value is -3.28. The largest absolute Gasteiger partial charge is 0.379 e. The van der Waals surface area contributed by atoms with Crippen molar-refractivity contribution in [2.45, 2.75) is 50.5 Å². The predicted molar refractivity (Wildman–Crippen MR) is 140 cm³/mol. The van der Waals surface area contributed by atoms with Crippen molar-refractivity contribution in [3.05, 3.63) is 35.0 Å². The molecule has 2 aliphatic heterocycles. The molecule has 1 aromatic carbocycles. The minimum Gasteiger partial charge on any atom is -0.379 e. The van der Waals surface area contributed by atoms with Crippen LogP contribution in [0.25, 0.3) is 11.3 Å². The number of urea groups is 1. The van der Waals surface area contributed by atoms with Crippen molar-refractivity contribution < 1.29 is 19.1 Å². The van der Waals surface area contributed by atoms with Crippen molar-refractivity contribution in [1.29, 1.82) is 0 Å². The maximum absolute atomic E-state index is 13.7. The van der Waals surface area contributed by atoms with Gasteiger partial charge in [-0.15, -0.1) is 0 Å². The number of nitrogens with two attached hydrogens (primary N) is 1. The molecule has 3 heterocycles. The van der Waals surface area contributed by atoms with E-state index in [-0.39, 0.29) is 35.6 Å². The Bertz CT molecular complexity index is 1220. The van der Waals surface area contributed by atoms with E-state index in [1.165, 1.54) is 0 Å². The molecule has 4 aliphatic rings. The molecule has 0 unspecified atom stereocenters. The van der Waals surface area contributed by atoms with Crippen molar-refractivity contribution >= 4 is 23.4 Å². The number of aromatic amines is 1. The molecule has 202 valence electrons. The molecule has 0 spiro atoms. The minimum absolute atomic E-state index is 0.0865. The Morgan fingerprint density at radius 3 is 2.47 bits per heavy atom. The highest BCUT2D eigenvalue weighted by atomic mass is 16.5. The Morgan fingerprint density at radius 2 is 1.74 bits per heavy atom. The zero-order valence-corrected chi connectivity index (χ0v) is 21.5. The first-order chi connectivity index (χ1) is 18.5. The topological polar surface area (TPSA) is 146 Å². The highest BCUT2D eigenvalue weighted by molar-refractivity contribution is 6.25. The van der Waals surface area contributed by atoms with E-state index in [2.05, 4.69) is 20.9 Å². The summed E-state index contributed by atoms with van der Waals surface area (Å²) in [5, 5.41) is 12.3. The highest BCUT2D eigenvalue weighted by Gasteiger charge is 2.38. The molecule has 0 radical (unpaired) electrons. The number of benzene rings is 1. The lowest BCUT2D eigenvalue weighted by Gasteiger charge is -2.35. The predicted octanol–water partition coefficient (Wildman–Crippen LogP) is 2.21. The number of hydrazine groups is 1. The van der Waals surface area contributed by atoms with Gasteiger partial charge in [0.25, 0.3) is 0 Å². The molecule has 2 saturated heterocycles. The molecule has 11 nitrogen and oxygen atoms in total. The Labute approximate surface area is 221 Å². The number of fused-ring (bicyclic) bond motifs is 3. The average molecular weight is 522 g/mol. The van der Waals surface area contributed by atoms with Crippen molar-refractivity contribution in [1.82, 2.24) is 25.5 Å². The van der Waals surface area contributed by atoms with E-state index in [0.29, 0.717) is 61.9 Å². The highest BCUT2D eigenvalue weighted by Crippen LogP contribution is 2.43. The van der Waals surface area contributed by atoms with E-state index in [4.69, 9.17) is 10.5 Å². The van der Waals surface area contributed by atoms with Gasteiger partial charge >= 0.3 is 6.03 Å². The summed E-state index contributed by atoms with van der Waals surface area (Å²) < 4.78 is 5.32. The quantitative estimate of drug-likeness (QED) is 0.412. The second kappa shape index (κ2) is 10.5. The van der Waals surface area contributed by atoms with Gasteiger partial charge in [-0.2, -0.15) is 5.10 Å². The number of amides is 3. The molecule has 5 N–H and O–H groups in total. The third-order valence-electron chi connectivity index (χ3n) is 8.42. The summed E-state index contributed by atoms with van der Waals surface area (Å²) in [5.41, 5.74) is 12.6. The number of piperidine rings is 1. The van der Waals surface area contributed by atoms with Gasteiger partial charge in [-0.25, -0.2) is 9.80 Å². The molecular formula is C27H35N7O4. The summed E-state index contributed by atoms with van der Waals surface area (Å²) in [6, 6.07) is 5.29. The summed E-state index contributed by atoms with van der Waals surface area (Å²) >= 11 is 0. The van der Waals surface area contributed by atoms with Gasteiger partial charge < -0.3 is 20.7 Å². The van der Waals surface area contributed by atoms with Gasteiger partial charge in [0.1, 0.15) is 0 Å². The van der Waals surface area contributed by atoms with Crippen LogP contribution >= 0.6 is 0 Å². The van der Waals surface area contributed by atoms with E-state index in [1.54, 1.807) is 11.1 Å². The monoisotopic (exact) mass is 521 g/mol. The van der Waals surface area contributed by atoms with Crippen molar-refractivity contribution in [2.75, 3.05) is 44.7 Å². The van der Waals surface area contributed by atoms with E-state index in [1.807, 2.05) is 17.0 Å². The summed E-state index contributed by atoms with van der Waals surface area (Å²) in [6.45, 7) is 3.68. The van der Waals surface area contributed by atoms with Gasteiger partial charge in [-0.1, -0.05) is 12.1 Å². The molecule has 0 atom stereocenters. The van der Waals surface area contributed by atoms with Crippen LogP contribution in [0.4, 0.5) is 10.5 Å². The zero-order chi connectivity index (χ0) is 26.2. The van der Waals surface area contributed by atoms with Crippen LogP contribution in [0.3, 0.4) is 0 Å². The number of aromatic nitrogens is 2. The molecule has 3 fully saturated rings. The maximum Gasteiger partial charge on any atom is 0.333 e. The third kappa shape index (κ3) is 4.70. The van der Waals surface area contributed by atoms with Gasteiger partial charge in [0, 0.05) is 49.6 Å². The number of H-pyrrole nitrogens is 1. The second-order valence-electron chi connectivity index (χ2n) is 10.8. The molecule has 6 rings (SSSR count). The number of ether oxygens (including phenoxy) is 1. The van der Waals surface area contributed by atoms with Crippen LogP contribution in [0.5, 0.6) is 0 Å². The summed E-state index contributed by atoms with van der Waals surface area (Å²) in [5.74, 6) is 0.303. The number of nitrogens with zero attached hydrogens (tertiary/aromatic N) is 3. The lowest BCUT2D eigenvalue weighted by molar-refractivity contribution is -0.137. The van der Waals surface area contributed by atoms with Crippen LogP contribution in [0.1, 0.15) is 66.1 Å². The normalized spacial score (nSPS) is 24.1. The number of carbonyl (C=O) groups is 3. The number of hydrogen-bond acceptors (Lipinski definition) is 7. The van der Waals surface area contributed by atoms with Gasteiger partial charge in [-0.3, -0.25) is 20.1 Å². The number of likely N-dealkylation sites (tertiary alicyclic amines) is 1. The number of ketones is 1. The Kier molecular flexibility index (Phi) is 6.89. The molecule has 0 bridgehead atoms. The van der Waals surface area contributed by atoms with Crippen LogP contribution in [-0.2, 0) is 9.53 Å². The molecule has 2 aromatic rings. The van der Waals surface area contributed by atoms with E-state index in [9.17, 15) is 14.4 Å². The number of anilines is 1. The van der Waals surface area contributed by atoms with Gasteiger partial charge in [-0.05, 0) is 44.6 Å². The smallest absolute Gasteiger partial charge is 0.333 e. The first kappa shape index (κ1) is 25.0. The summed E-state index contributed by atoms with van der Waals surface area (Å²) in [6.07, 6.45) is 5.13. The lowest BCUT2D eigenvalue weighted by atomic mass is 9.84. The molecule has 1 saturated carbocycles. The molecule has 1 aromatic heterocycles.